The van der Waals surface area contributed by atoms with Gasteiger partial charge in [-0.3, -0.25) is 5.10 Å². The van der Waals surface area contributed by atoms with Crippen molar-refractivity contribution in [3.05, 3.63) is 11.1 Å². The van der Waals surface area contributed by atoms with E-state index in [2.05, 4.69) is 31.0 Å². The van der Waals surface area contributed by atoms with E-state index in [9.17, 15) is 0 Å². The van der Waals surface area contributed by atoms with E-state index in [0.29, 0.717) is 12.0 Å². The van der Waals surface area contributed by atoms with Crippen molar-refractivity contribution in [1.29, 1.82) is 0 Å². The van der Waals surface area contributed by atoms with Crippen LogP contribution in [0.3, 0.4) is 0 Å². The molecule has 0 amide bonds. The summed E-state index contributed by atoms with van der Waals surface area (Å²) in [5.41, 5.74) is 0. The Kier molecular flexibility index (Phi) is 3.03. The first kappa shape index (κ1) is 9.45. The van der Waals surface area contributed by atoms with E-state index in [-0.39, 0.29) is 0 Å². The van der Waals surface area contributed by atoms with Crippen LogP contribution in [0.5, 0.6) is 0 Å². The maximum Gasteiger partial charge on any atom is 0.195 e. The summed E-state index contributed by atoms with van der Waals surface area (Å²) in [7, 11) is 0. The normalized spacial score (nSPS) is 13.7. The lowest BCUT2D eigenvalue weighted by Gasteiger charge is -2.19. The molecule has 12 heavy (non-hydrogen) atoms. The summed E-state index contributed by atoms with van der Waals surface area (Å²) in [6, 6.07) is 0.469. The van der Waals surface area contributed by atoms with E-state index in [1.165, 1.54) is 0 Å². The van der Waals surface area contributed by atoms with E-state index >= 15 is 0 Å². The molecule has 0 radical (unpaired) electrons. The van der Waals surface area contributed by atoms with E-state index in [0.717, 1.165) is 11.2 Å². The van der Waals surface area contributed by atoms with Gasteiger partial charge in [0.05, 0.1) is 0 Å². The van der Waals surface area contributed by atoms with Crippen molar-refractivity contribution in [3.8, 4) is 0 Å². The Labute approximate surface area is 77.8 Å². The van der Waals surface area contributed by atoms with Gasteiger partial charge in [-0.05, 0) is 24.6 Å². The van der Waals surface area contributed by atoms with Crippen molar-refractivity contribution in [3.63, 3.8) is 0 Å². The molecule has 0 bridgehead atoms. The number of aromatic nitrogens is 3. The quantitative estimate of drug-likeness (QED) is 0.734. The Morgan fingerprint density at radius 3 is 2.67 bits per heavy atom. The van der Waals surface area contributed by atoms with Crippen molar-refractivity contribution in [1.82, 2.24) is 14.8 Å². The third-order valence-corrected chi connectivity index (χ3v) is 2.42. The number of aromatic amines is 1. The van der Waals surface area contributed by atoms with Gasteiger partial charge in [-0.25, -0.2) is 0 Å². The predicted octanol–water partition coefficient (Wildman–Crippen LogP) is 2.55. The number of hydrogen-bond donors (Lipinski definition) is 1. The lowest BCUT2D eigenvalue weighted by Crippen LogP contribution is -2.13. The molecule has 1 aromatic rings. The lowest BCUT2D eigenvalue weighted by molar-refractivity contribution is 0.361. The molecule has 1 aromatic heterocycles. The van der Waals surface area contributed by atoms with E-state index in [4.69, 9.17) is 12.2 Å². The summed E-state index contributed by atoms with van der Waals surface area (Å²) in [5.74, 6) is 0.597. The molecule has 4 heteroatoms. The molecule has 0 fully saturated rings. The van der Waals surface area contributed by atoms with Gasteiger partial charge < -0.3 is 4.57 Å². The molecule has 0 aliphatic rings. The Morgan fingerprint density at radius 2 is 2.33 bits per heavy atom. The van der Waals surface area contributed by atoms with Crippen LogP contribution in [-0.4, -0.2) is 14.8 Å². The highest BCUT2D eigenvalue weighted by molar-refractivity contribution is 7.71. The Balaban J connectivity index is 2.95. The van der Waals surface area contributed by atoms with Crippen LogP contribution in [0.1, 0.15) is 33.2 Å². The number of hydrogen-bond acceptors (Lipinski definition) is 2. The SMILES string of the molecule is CCC(C(C)C)n1cn[nH]c1=S. The molecule has 1 unspecified atom stereocenters. The summed E-state index contributed by atoms with van der Waals surface area (Å²) < 4.78 is 2.75. The smallest absolute Gasteiger partial charge is 0.195 e. The standard InChI is InChI=1S/C8H15N3S/c1-4-7(6(2)3)11-5-9-10-8(11)12/h5-7H,4H2,1-3H3,(H,10,12). The molecule has 0 saturated carbocycles. The van der Waals surface area contributed by atoms with Crippen LogP contribution in [0.4, 0.5) is 0 Å². The van der Waals surface area contributed by atoms with Crippen LogP contribution in [0.2, 0.25) is 0 Å². The van der Waals surface area contributed by atoms with Crippen LogP contribution in [0, 0.1) is 10.7 Å². The molecule has 0 aliphatic carbocycles. The second-order valence-electron chi connectivity index (χ2n) is 3.29. The molecule has 0 aromatic carbocycles. The fourth-order valence-corrected chi connectivity index (χ4v) is 1.72. The molecule has 0 saturated heterocycles. The minimum absolute atomic E-state index is 0.469. The van der Waals surface area contributed by atoms with E-state index in [1.54, 1.807) is 6.33 Å². The molecule has 1 atom stereocenters. The minimum atomic E-state index is 0.469. The zero-order valence-corrected chi connectivity index (χ0v) is 8.56. The molecule has 1 N–H and O–H groups in total. The number of H-pyrrole nitrogens is 1. The molecule has 3 nitrogen and oxygen atoms in total. The van der Waals surface area contributed by atoms with Crippen molar-refractivity contribution in [2.24, 2.45) is 5.92 Å². The highest BCUT2D eigenvalue weighted by Crippen LogP contribution is 2.20. The van der Waals surface area contributed by atoms with Gasteiger partial charge in [0.2, 0.25) is 0 Å². The number of nitrogens with zero attached hydrogens (tertiary/aromatic N) is 2. The van der Waals surface area contributed by atoms with Crippen LogP contribution in [-0.2, 0) is 0 Å². The maximum absolute atomic E-state index is 5.09. The zero-order valence-electron chi connectivity index (χ0n) is 7.74. The van der Waals surface area contributed by atoms with Crippen molar-refractivity contribution < 1.29 is 0 Å². The van der Waals surface area contributed by atoms with Crippen molar-refractivity contribution in [2.75, 3.05) is 0 Å². The van der Waals surface area contributed by atoms with Crippen LogP contribution >= 0.6 is 12.2 Å². The molecular weight excluding hydrogens is 170 g/mol. The first-order valence-corrected chi connectivity index (χ1v) is 4.69. The molecule has 1 heterocycles. The Hall–Kier alpha value is -0.640. The minimum Gasteiger partial charge on any atom is -0.303 e. The van der Waals surface area contributed by atoms with Gasteiger partial charge in [0.25, 0.3) is 0 Å². The number of rotatable bonds is 3. The van der Waals surface area contributed by atoms with Crippen molar-refractivity contribution >= 4 is 12.2 Å². The topological polar surface area (TPSA) is 33.6 Å². The highest BCUT2D eigenvalue weighted by atomic mass is 32.1. The largest absolute Gasteiger partial charge is 0.303 e. The fourth-order valence-electron chi connectivity index (χ4n) is 1.48. The lowest BCUT2D eigenvalue weighted by atomic mass is 10.0. The summed E-state index contributed by atoms with van der Waals surface area (Å²) in [4.78, 5) is 0. The molecule has 68 valence electrons. The van der Waals surface area contributed by atoms with E-state index < -0.39 is 0 Å². The van der Waals surface area contributed by atoms with Crippen LogP contribution in [0.15, 0.2) is 6.33 Å². The maximum atomic E-state index is 5.09. The van der Waals surface area contributed by atoms with Crippen LogP contribution < -0.4 is 0 Å². The number of nitrogens with one attached hydrogen (secondary N) is 1. The third-order valence-electron chi connectivity index (χ3n) is 2.12. The third kappa shape index (κ3) is 1.75. The van der Waals surface area contributed by atoms with Gasteiger partial charge in [-0.15, -0.1) is 0 Å². The monoisotopic (exact) mass is 185 g/mol. The summed E-state index contributed by atoms with van der Waals surface area (Å²) in [5, 5.41) is 6.67. The first-order valence-electron chi connectivity index (χ1n) is 4.28. The van der Waals surface area contributed by atoms with Gasteiger partial charge in [-0.2, -0.15) is 5.10 Å². The second-order valence-corrected chi connectivity index (χ2v) is 3.68. The summed E-state index contributed by atoms with van der Waals surface area (Å²) in [6.07, 6.45) is 2.86. The Morgan fingerprint density at radius 1 is 1.67 bits per heavy atom. The molecular formula is C8H15N3S. The second kappa shape index (κ2) is 3.85. The van der Waals surface area contributed by atoms with Gasteiger partial charge in [0, 0.05) is 6.04 Å². The van der Waals surface area contributed by atoms with Crippen molar-refractivity contribution in [2.45, 2.75) is 33.2 Å². The van der Waals surface area contributed by atoms with Gasteiger partial charge in [-0.1, -0.05) is 20.8 Å². The zero-order chi connectivity index (χ0) is 9.14. The molecule has 0 aliphatic heterocycles. The summed E-state index contributed by atoms with van der Waals surface area (Å²) in [6.45, 7) is 6.56. The predicted molar refractivity (Wildman–Crippen MR) is 51.6 cm³/mol. The first-order chi connectivity index (χ1) is 5.66. The molecule has 1 rings (SSSR count). The average Bonchev–Trinajstić information content (AvgIpc) is 2.38. The highest BCUT2D eigenvalue weighted by Gasteiger charge is 2.13. The molecule has 0 spiro atoms. The Bertz CT molecular complexity index is 286. The average molecular weight is 185 g/mol. The van der Waals surface area contributed by atoms with Gasteiger partial charge >= 0.3 is 0 Å². The fraction of sp³-hybridized carbons (Fsp3) is 0.750. The van der Waals surface area contributed by atoms with E-state index in [1.807, 2.05) is 4.57 Å². The summed E-state index contributed by atoms with van der Waals surface area (Å²) >= 11 is 5.09. The van der Waals surface area contributed by atoms with Crippen LogP contribution in [0.25, 0.3) is 0 Å². The van der Waals surface area contributed by atoms with Gasteiger partial charge in [0.15, 0.2) is 4.77 Å². The van der Waals surface area contributed by atoms with Gasteiger partial charge in [0.1, 0.15) is 6.33 Å².